The van der Waals surface area contributed by atoms with Crippen LogP contribution in [-0.2, 0) is 9.59 Å². The van der Waals surface area contributed by atoms with E-state index in [-0.39, 0.29) is 29.6 Å². The maximum atomic E-state index is 9.43. The van der Waals surface area contributed by atoms with Gasteiger partial charge in [0, 0.05) is 0 Å². The van der Waals surface area contributed by atoms with E-state index in [4.69, 9.17) is 10.2 Å². The Morgan fingerprint density at radius 3 is 1.74 bits per heavy atom. The molecule has 104 valence electrons. The van der Waals surface area contributed by atoms with Crippen LogP contribution >= 0.6 is 0 Å². The fraction of sp³-hybridized carbons (Fsp3) is 0.846. The molecule has 1 atom stereocenters. The molecule has 0 aliphatic heterocycles. The van der Waals surface area contributed by atoms with E-state index in [1.807, 2.05) is 0 Å². The number of carboxylic acid groups (broad SMARTS) is 2. The fourth-order valence-corrected chi connectivity index (χ4v) is 1.83. The minimum atomic E-state index is -1.31. The number of aliphatic carboxylic acids is 2. The molecule has 2 N–H and O–H groups in total. The first-order valence-electron chi connectivity index (χ1n) is 6.58. The molecule has 0 rings (SSSR count). The number of hydrogen-bond donors (Lipinski definition) is 2. The topological polar surface area (TPSA) is 74.6 Å². The summed E-state index contributed by atoms with van der Waals surface area (Å²) in [4.78, 5) is 18.9. The van der Waals surface area contributed by atoms with Crippen molar-refractivity contribution >= 4 is 59.2 Å². The van der Waals surface area contributed by atoms with Crippen LogP contribution in [0.5, 0.6) is 0 Å². The summed E-state index contributed by atoms with van der Waals surface area (Å²) in [5.41, 5.74) is 0.518. The molecule has 0 aromatic heterocycles. The van der Waals surface area contributed by atoms with E-state index in [9.17, 15) is 9.59 Å². The summed E-state index contributed by atoms with van der Waals surface area (Å²) in [6.07, 6.45) is 3.35. The Hall–Kier alpha value is 0.537. The Kier molecular flexibility index (Phi) is 17.5. The van der Waals surface area contributed by atoms with Gasteiger partial charge < -0.3 is 10.2 Å². The van der Waals surface area contributed by atoms with Gasteiger partial charge in [0.15, 0.2) is 0 Å². The van der Waals surface area contributed by atoms with Gasteiger partial charge in [0.2, 0.25) is 0 Å². The number of rotatable bonds is 6. The van der Waals surface area contributed by atoms with Crippen LogP contribution in [0.3, 0.4) is 0 Å². The van der Waals surface area contributed by atoms with Gasteiger partial charge >= 0.3 is 123 Å². The van der Waals surface area contributed by atoms with Gasteiger partial charge in [-0.15, -0.1) is 0 Å². The summed E-state index contributed by atoms with van der Waals surface area (Å²) in [5, 5.41) is 16.7. The van der Waals surface area contributed by atoms with Crippen molar-refractivity contribution in [1.29, 1.82) is 0 Å². The molecule has 6 heteroatoms. The molecule has 4 nitrogen and oxygen atoms in total. The summed E-state index contributed by atoms with van der Waals surface area (Å²) in [7, 11) is 0. The molecular weight excluding hydrogens is 250 g/mol. The second-order valence-electron chi connectivity index (χ2n) is 5.58. The second kappa shape index (κ2) is 13.5. The third kappa shape index (κ3) is 18.5. The Bertz CT molecular complexity index is 240. The molecule has 0 bridgehead atoms. The molecule has 0 aliphatic carbocycles. The van der Waals surface area contributed by atoms with Crippen molar-refractivity contribution in [2.45, 2.75) is 58.5 Å². The molecule has 0 aromatic rings. The van der Waals surface area contributed by atoms with E-state index in [2.05, 4.69) is 45.4 Å². The molecule has 0 fully saturated rings. The van der Waals surface area contributed by atoms with Crippen molar-refractivity contribution in [3.63, 3.8) is 0 Å². The first kappa shape index (κ1) is 24.5. The molecule has 0 aromatic carbocycles. The van der Waals surface area contributed by atoms with E-state index in [1.165, 1.54) is 24.4 Å². The molecule has 0 radical (unpaired) electrons. The number of carbonyl (C=O) groups is 2. The summed E-state index contributed by atoms with van der Waals surface area (Å²) >= 11 is 2.31. The van der Waals surface area contributed by atoms with Crippen molar-refractivity contribution in [2.75, 3.05) is 0 Å². The summed E-state index contributed by atoms with van der Waals surface area (Å²) < 4.78 is 0. The van der Waals surface area contributed by atoms with Gasteiger partial charge in [-0.3, -0.25) is 9.59 Å². The van der Waals surface area contributed by atoms with Crippen LogP contribution in [0, 0.1) is 11.3 Å². The number of unbranched alkanes of at least 4 members (excludes halogenated alkanes) is 1. The SMILES string of the molecule is O=C(O)CC(=O)O.[Li][CH2]C(CCCC)C(C)(C)C.[NaH]. The van der Waals surface area contributed by atoms with Crippen LogP contribution in [0.25, 0.3) is 0 Å². The van der Waals surface area contributed by atoms with E-state index >= 15 is 0 Å². The Morgan fingerprint density at radius 2 is 1.58 bits per heavy atom. The predicted molar refractivity (Wildman–Crippen MR) is 80.1 cm³/mol. The molecule has 0 amide bonds. The Morgan fingerprint density at radius 1 is 1.16 bits per heavy atom. The van der Waals surface area contributed by atoms with Crippen LogP contribution in [0.4, 0.5) is 0 Å². The van der Waals surface area contributed by atoms with Crippen LogP contribution in [-0.4, -0.2) is 69.4 Å². The zero-order chi connectivity index (χ0) is 14.8. The fourth-order valence-electron chi connectivity index (χ4n) is 1.83. The second-order valence-corrected chi connectivity index (χ2v) is 5.58. The maximum absolute atomic E-state index is 9.43. The van der Waals surface area contributed by atoms with Crippen LogP contribution in [0.15, 0.2) is 0 Å². The first-order valence-corrected chi connectivity index (χ1v) is 6.58. The van der Waals surface area contributed by atoms with E-state index in [0.29, 0.717) is 5.41 Å². The Balaban J connectivity index is -0.000000280. The standard InChI is InChI=1S/C10H21.C3H4O4.Li.Na.H/c1-6-7-8-9(2)10(3,4)5;4-2(5)1-3(6)7;;;/h9H,2,6-8H2,1,3-5H3;1H2,(H,4,5)(H,6,7);;;. The molecule has 1 unspecified atom stereocenters. The van der Waals surface area contributed by atoms with Gasteiger partial charge in [-0.05, 0) is 0 Å². The summed E-state index contributed by atoms with van der Waals surface area (Å²) in [6, 6.07) is 0. The normalized spacial score (nSPS) is 11.7. The van der Waals surface area contributed by atoms with Crippen molar-refractivity contribution in [3.05, 3.63) is 0 Å². The Labute approximate surface area is 148 Å². The molecular formula is C13H26LiNaO4. The average molecular weight is 276 g/mol. The predicted octanol–water partition coefficient (Wildman–Crippen LogP) is 2.32. The number of hydrogen-bond acceptors (Lipinski definition) is 2. The van der Waals surface area contributed by atoms with Crippen molar-refractivity contribution < 1.29 is 19.8 Å². The van der Waals surface area contributed by atoms with Crippen molar-refractivity contribution in [3.8, 4) is 0 Å². The summed E-state index contributed by atoms with van der Waals surface area (Å²) in [6.45, 7) is 9.35. The first-order chi connectivity index (χ1) is 8.15. The molecule has 0 aliphatic rings. The molecule has 0 saturated heterocycles. The third-order valence-electron chi connectivity index (χ3n) is 2.93. The van der Waals surface area contributed by atoms with Gasteiger partial charge in [0.25, 0.3) is 0 Å². The van der Waals surface area contributed by atoms with E-state index in [0.717, 1.165) is 5.92 Å². The molecule has 0 heterocycles. The minimum absolute atomic E-state index is 0. The van der Waals surface area contributed by atoms with Crippen LogP contribution in [0.1, 0.15) is 53.4 Å². The third-order valence-corrected chi connectivity index (χ3v) is 2.93. The van der Waals surface area contributed by atoms with Gasteiger partial charge in [-0.2, -0.15) is 0 Å². The zero-order valence-electron chi connectivity index (χ0n) is 12.3. The van der Waals surface area contributed by atoms with Crippen LogP contribution in [0.2, 0.25) is 5.09 Å². The molecule has 0 spiro atoms. The average Bonchev–Trinajstić information content (AvgIpc) is 2.15. The van der Waals surface area contributed by atoms with E-state index in [1.54, 1.807) is 0 Å². The van der Waals surface area contributed by atoms with Gasteiger partial charge in [-0.1, -0.05) is 0 Å². The van der Waals surface area contributed by atoms with Crippen molar-refractivity contribution in [1.82, 2.24) is 0 Å². The van der Waals surface area contributed by atoms with Crippen molar-refractivity contribution in [2.24, 2.45) is 11.3 Å². The number of carboxylic acids is 2. The molecule has 0 saturated carbocycles. The monoisotopic (exact) mass is 276 g/mol. The van der Waals surface area contributed by atoms with Gasteiger partial charge in [-0.25, -0.2) is 0 Å². The van der Waals surface area contributed by atoms with E-state index < -0.39 is 18.4 Å². The van der Waals surface area contributed by atoms with Crippen LogP contribution < -0.4 is 0 Å². The quantitative estimate of drug-likeness (QED) is 0.576. The molecule has 19 heavy (non-hydrogen) atoms. The zero-order valence-corrected chi connectivity index (χ0v) is 12.3. The summed E-state index contributed by atoms with van der Waals surface area (Å²) in [5.74, 6) is -1.71. The van der Waals surface area contributed by atoms with Gasteiger partial charge in [0.05, 0.1) is 0 Å². The van der Waals surface area contributed by atoms with Gasteiger partial charge in [0.1, 0.15) is 6.42 Å².